The molecule has 0 aliphatic heterocycles. The fraction of sp³-hybridized carbons (Fsp3) is 0.0909. The quantitative estimate of drug-likeness (QED) is 0.663. The molecule has 2 aromatic heterocycles. The molecule has 0 saturated heterocycles. The number of H-pyrrole nitrogens is 1. The van der Waals surface area contributed by atoms with Crippen molar-refractivity contribution < 1.29 is 0 Å². The van der Waals surface area contributed by atoms with Gasteiger partial charge in [0.1, 0.15) is 5.52 Å². The van der Waals surface area contributed by atoms with Crippen molar-refractivity contribution in [3.05, 3.63) is 28.4 Å². The first-order valence-electron chi connectivity index (χ1n) is 5.00. The fourth-order valence-corrected chi connectivity index (χ4v) is 2.72. The van der Waals surface area contributed by atoms with E-state index in [2.05, 4.69) is 15.0 Å². The number of halogens is 1. The van der Waals surface area contributed by atoms with Gasteiger partial charge in [-0.05, 0) is 19.1 Å². The van der Waals surface area contributed by atoms with Crippen LogP contribution in [-0.4, -0.2) is 15.0 Å². The molecule has 0 saturated carbocycles. The zero-order chi connectivity index (χ0) is 12.0. The highest BCUT2D eigenvalue weighted by atomic mass is 35.5. The maximum Gasteiger partial charge on any atom is 0.150 e. The predicted octanol–water partition coefficient (Wildman–Crippen LogP) is 3.23. The van der Waals surface area contributed by atoms with Crippen LogP contribution in [-0.2, 0) is 0 Å². The number of fused-ring (bicyclic) bond motifs is 1. The molecule has 0 amide bonds. The number of aryl methyl sites for hydroxylation is 1. The lowest BCUT2D eigenvalue weighted by atomic mass is 10.3. The van der Waals surface area contributed by atoms with Crippen LogP contribution < -0.4 is 5.73 Å². The molecule has 0 aliphatic carbocycles. The maximum absolute atomic E-state index is 5.95. The Morgan fingerprint density at radius 1 is 1.41 bits per heavy atom. The van der Waals surface area contributed by atoms with Crippen LogP contribution in [0.4, 0.5) is 5.69 Å². The lowest BCUT2D eigenvalue weighted by molar-refractivity contribution is 1.24. The molecule has 4 nitrogen and oxygen atoms in total. The Hall–Kier alpha value is -1.59. The Labute approximate surface area is 106 Å². The van der Waals surface area contributed by atoms with E-state index in [1.54, 1.807) is 22.9 Å². The largest absolute Gasteiger partial charge is 0.397 e. The second-order valence-corrected chi connectivity index (χ2v) is 5.03. The fourth-order valence-electron chi connectivity index (χ4n) is 1.74. The minimum absolute atomic E-state index is 0.581. The minimum Gasteiger partial charge on any atom is -0.397 e. The molecule has 3 N–H and O–H groups in total. The normalized spacial score (nSPS) is 11.2. The smallest absolute Gasteiger partial charge is 0.150 e. The van der Waals surface area contributed by atoms with Crippen molar-refractivity contribution in [2.24, 2.45) is 0 Å². The molecule has 0 aliphatic rings. The number of rotatable bonds is 1. The van der Waals surface area contributed by atoms with Crippen molar-refractivity contribution in [3.8, 4) is 10.7 Å². The number of nitrogens with zero attached hydrogens (tertiary/aromatic N) is 2. The van der Waals surface area contributed by atoms with E-state index in [9.17, 15) is 0 Å². The van der Waals surface area contributed by atoms with Gasteiger partial charge in [0.25, 0.3) is 0 Å². The van der Waals surface area contributed by atoms with Crippen LogP contribution >= 0.6 is 22.9 Å². The van der Waals surface area contributed by atoms with Gasteiger partial charge in [-0.2, -0.15) is 0 Å². The van der Waals surface area contributed by atoms with Gasteiger partial charge >= 0.3 is 0 Å². The molecule has 0 radical (unpaired) electrons. The first kappa shape index (κ1) is 10.6. The van der Waals surface area contributed by atoms with Crippen molar-refractivity contribution in [2.45, 2.75) is 6.92 Å². The molecule has 0 spiro atoms. The molecule has 6 heteroatoms. The number of aromatic amines is 1. The summed E-state index contributed by atoms with van der Waals surface area (Å²) < 4.78 is 0. The van der Waals surface area contributed by atoms with E-state index in [4.69, 9.17) is 17.3 Å². The van der Waals surface area contributed by atoms with Gasteiger partial charge in [0.2, 0.25) is 0 Å². The number of imidazole rings is 1. The van der Waals surface area contributed by atoms with Crippen LogP contribution in [0.15, 0.2) is 17.6 Å². The minimum atomic E-state index is 0.581. The molecule has 86 valence electrons. The number of anilines is 1. The van der Waals surface area contributed by atoms with Crippen molar-refractivity contribution >= 4 is 39.7 Å². The van der Waals surface area contributed by atoms with Crippen LogP contribution in [0.5, 0.6) is 0 Å². The average Bonchev–Trinajstić information content (AvgIpc) is 2.83. The first-order valence-corrected chi connectivity index (χ1v) is 6.26. The molecular formula is C11H9ClN4S. The summed E-state index contributed by atoms with van der Waals surface area (Å²) in [6.07, 6.45) is 0. The van der Waals surface area contributed by atoms with E-state index in [1.807, 2.05) is 13.0 Å². The van der Waals surface area contributed by atoms with E-state index in [1.165, 1.54) is 0 Å². The molecule has 2 heterocycles. The monoisotopic (exact) mass is 264 g/mol. The second-order valence-electron chi connectivity index (χ2n) is 3.74. The number of nitrogens with two attached hydrogens (primary N) is 1. The summed E-state index contributed by atoms with van der Waals surface area (Å²) in [5.74, 6) is 0.786. The van der Waals surface area contributed by atoms with E-state index in [0.717, 1.165) is 27.4 Å². The Balaban J connectivity index is 2.27. The van der Waals surface area contributed by atoms with Crippen LogP contribution in [0.25, 0.3) is 21.7 Å². The summed E-state index contributed by atoms with van der Waals surface area (Å²) in [5.41, 5.74) is 10.8. The number of hydrogen-bond donors (Lipinski definition) is 2. The summed E-state index contributed by atoms with van der Waals surface area (Å²) in [4.78, 5) is 12.9. The summed E-state index contributed by atoms with van der Waals surface area (Å²) in [6, 6.07) is 3.52. The number of hydrogen-bond acceptors (Lipinski definition) is 4. The Morgan fingerprint density at radius 3 is 2.94 bits per heavy atom. The Bertz CT molecular complexity index is 701. The van der Waals surface area contributed by atoms with Crippen molar-refractivity contribution in [2.75, 3.05) is 5.73 Å². The molecule has 0 fully saturated rings. The third kappa shape index (κ3) is 1.67. The SMILES string of the molecule is Cc1ncsc1-c1nc2c(N)cc(Cl)cc2[nH]1. The van der Waals surface area contributed by atoms with Crippen molar-refractivity contribution in [3.63, 3.8) is 0 Å². The van der Waals surface area contributed by atoms with Crippen molar-refractivity contribution in [1.82, 2.24) is 15.0 Å². The zero-order valence-electron chi connectivity index (χ0n) is 8.99. The summed E-state index contributed by atoms with van der Waals surface area (Å²) in [7, 11) is 0. The van der Waals surface area contributed by atoms with Gasteiger partial charge in [-0.3, -0.25) is 0 Å². The third-order valence-electron chi connectivity index (χ3n) is 2.54. The molecule has 0 bridgehead atoms. The average molecular weight is 265 g/mol. The van der Waals surface area contributed by atoms with E-state index in [0.29, 0.717) is 10.7 Å². The van der Waals surface area contributed by atoms with Gasteiger partial charge in [-0.15, -0.1) is 11.3 Å². The van der Waals surface area contributed by atoms with Crippen LogP contribution in [0.3, 0.4) is 0 Å². The van der Waals surface area contributed by atoms with Crippen LogP contribution in [0.2, 0.25) is 5.02 Å². The first-order chi connectivity index (χ1) is 8.15. The van der Waals surface area contributed by atoms with E-state index < -0.39 is 0 Å². The lowest BCUT2D eigenvalue weighted by Crippen LogP contribution is -1.86. The third-order valence-corrected chi connectivity index (χ3v) is 3.69. The second kappa shape index (κ2) is 3.72. The number of nitrogens with one attached hydrogen (secondary N) is 1. The van der Waals surface area contributed by atoms with Gasteiger partial charge in [0.15, 0.2) is 5.82 Å². The highest BCUT2D eigenvalue weighted by Gasteiger charge is 2.12. The molecule has 1 aromatic carbocycles. The summed E-state index contributed by atoms with van der Waals surface area (Å²) in [6.45, 7) is 1.95. The van der Waals surface area contributed by atoms with Gasteiger partial charge in [0, 0.05) is 5.02 Å². The summed E-state index contributed by atoms with van der Waals surface area (Å²) >= 11 is 7.50. The Morgan fingerprint density at radius 2 is 2.24 bits per heavy atom. The number of thiazole rings is 1. The van der Waals surface area contributed by atoms with Gasteiger partial charge in [0.05, 0.1) is 27.3 Å². The highest BCUT2D eigenvalue weighted by molar-refractivity contribution is 7.13. The van der Waals surface area contributed by atoms with Gasteiger partial charge in [-0.25, -0.2) is 9.97 Å². The lowest BCUT2D eigenvalue weighted by Gasteiger charge is -1.94. The predicted molar refractivity (Wildman–Crippen MR) is 71.4 cm³/mol. The van der Waals surface area contributed by atoms with Crippen LogP contribution in [0.1, 0.15) is 5.69 Å². The van der Waals surface area contributed by atoms with Crippen molar-refractivity contribution in [1.29, 1.82) is 0 Å². The summed E-state index contributed by atoms with van der Waals surface area (Å²) in [5, 5.41) is 0.603. The van der Waals surface area contributed by atoms with Gasteiger partial charge in [-0.1, -0.05) is 11.6 Å². The maximum atomic E-state index is 5.95. The highest BCUT2D eigenvalue weighted by Crippen LogP contribution is 2.30. The van der Waals surface area contributed by atoms with E-state index >= 15 is 0 Å². The molecule has 17 heavy (non-hydrogen) atoms. The van der Waals surface area contributed by atoms with Gasteiger partial charge < -0.3 is 10.7 Å². The Kier molecular flexibility index (Phi) is 2.31. The molecule has 0 atom stereocenters. The number of nitrogen functional groups attached to an aromatic ring is 1. The standard InChI is InChI=1S/C11H9ClN4S/c1-5-10(17-4-14-5)11-15-8-3-6(12)2-7(13)9(8)16-11/h2-4H,13H2,1H3,(H,15,16). The molecule has 0 unspecified atom stereocenters. The topological polar surface area (TPSA) is 67.6 Å². The number of benzene rings is 1. The van der Waals surface area contributed by atoms with Crippen LogP contribution in [0, 0.1) is 6.92 Å². The molecular weight excluding hydrogens is 256 g/mol. The van der Waals surface area contributed by atoms with E-state index in [-0.39, 0.29) is 0 Å². The molecule has 3 rings (SSSR count). The number of aromatic nitrogens is 3. The zero-order valence-corrected chi connectivity index (χ0v) is 10.6. The molecule has 3 aromatic rings.